The van der Waals surface area contributed by atoms with Gasteiger partial charge in [0.25, 0.3) is 5.91 Å². The minimum absolute atomic E-state index is 0.309. The molecule has 0 atom stereocenters. The van der Waals surface area contributed by atoms with Crippen molar-refractivity contribution in [3.8, 4) is 17.2 Å². The molecule has 0 aliphatic rings. The third kappa shape index (κ3) is 4.29. The second-order valence-electron chi connectivity index (χ2n) is 5.39. The number of benzene rings is 2. The molecule has 1 aromatic heterocycles. The number of aromatic nitrogens is 1. The first-order chi connectivity index (χ1) is 13.1. The van der Waals surface area contributed by atoms with Crippen LogP contribution in [-0.2, 0) is 0 Å². The van der Waals surface area contributed by atoms with Gasteiger partial charge in [-0.25, -0.2) is 4.98 Å². The van der Waals surface area contributed by atoms with E-state index in [1.54, 1.807) is 51.0 Å². The molecule has 3 rings (SSSR count). The summed E-state index contributed by atoms with van der Waals surface area (Å²) in [5.41, 5.74) is 1.68. The largest absolute Gasteiger partial charge is 0.495 e. The van der Waals surface area contributed by atoms with E-state index in [0.717, 1.165) is 5.69 Å². The summed E-state index contributed by atoms with van der Waals surface area (Å²) in [5, 5.41) is 8.24. The number of nitrogens with one attached hydrogen (secondary N) is 2. The number of rotatable bonds is 7. The Bertz CT molecular complexity index is 942. The van der Waals surface area contributed by atoms with E-state index in [9.17, 15) is 4.79 Å². The van der Waals surface area contributed by atoms with E-state index in [-0.39, 0.29) is 5.91 Å². The van der Waals surface area contributed by atoms with E-state index in [2.05, 4.69) is 15.6 Å². The van der Waals surface area contributed by atoms with Crippen LogP contribution >= 0.6 is 11.3 Å². The molecule has 0 radical (unpaired) electrons. The molecule has 1 heterocycles. The molecule has 7 nitrogen and oxygen atoms in total. The average Bonchev–Trinajstić information content (AvgIpc) is 3.17. The highest BCUT2D eigenvalue weighted by Gasteiger charge is 2.14. The summed E-state index contributed by atoms with van der Waals surface area (Å²) in [6.45, 7) is 0. The van der Waals surface area contributed by atoms with Gasteiger partial charge in [0.2, 0.25) is 0 Å². The van der Waals surface area contributed by atoms with Crippen molar-refractivity contribution >= 4 is 33.8 Å². The fraction of sp³-hybridized carbons (Fsp3) is 0.158. The van der Waals surface area contributed by atoms with Crippen molar-refractivity contribution in [3.63, 3.8) is 0 Å². The molecule has 0 bridgehead atoms. The smallest absolute Gasteiger partial charge is 0.275 e. The quantitative estimate of drug-likeness (QED) is 0.635. The maximum Gasteiger partial charge on any atom is 0.275 e. The van der Waals surface area contributed by atoms with Gasteiger partial charge in [-0.2, -0.15) is 0 Å². The Morgan fingerprint density at radius 2 is 1.70 bits per heavy atom. The maximum absolute atomic E-state index is 12.4. The SMILES string of the molecule is COc1ccccc1NC(=O)c1csc(Nc2ccc(OC)c(OC)c2)n1. The van der Waals surface area contributed by atoms with Gasteiger partial charge in [0, 0.05) is 17.1 Å². The Kier molecular flexibility index (Phi) is 5.77. The van der Waals surface area contributed by atoms with Crippen molar-refractivity contribution in [1.82, 2.24) is 4.98 Å². The zero-order valence-electron chi connectivity index (χ0n) is 15.1. The number of nitrogens with zero attached hydrogens (tertiary/aromatic N) is 1. The lowest BCUT2D eigenvalue weighted by molar-refractivity contribution is 0.102. The van der Waals surface area contributed by atoms with Gasteiger partial charge >= 0.3 is 0 Å². The van der Waals surface area contributed by atoms with Crippen molar-refractivity contribution in [2.24, 2.45) is 0 Å². The minimum atomic E-state index is -0.309. The van der Waals surface area contributed by atoms with Crippen LogP contribution in [0, 0.1) is 0 Å². The first kappa shape index (κ1) is 18.5. The fourth-order valence-electron chi connectivity index (χ4n) is 2.41. The average molecular weight is 385 g/mol. The lowest BCUT2D eigenvalue weighted by Crippen LogP contribution is -2.13. The van der Waals surface area contributed by atoms with Gasteiger partial charge in [0.15, 0.2) is 16.6 Å². The third-order valence-electron chi connectivity index (χ3n) is 3.73. The van der Waals surface area contributed by atoms with Crippen LogP contribution in [0.4, 0.5) is 16.5 Å². The molecule has 140 valence electrons. The van der Waals surface area contributed by atoms with E-state index in [1.165, 1.54) is 11.3 Å². The molecule has 0 saturated carbocycles. The van der Waals surface area contributed by atoms with Crippen LogP contribution in [0.1, 0.15) is 10.5 Å². The van der Waals surface area contributed by atoms with Gasteiger partial charge in [0.05, 0.1) is 27.0 Å². The molecule has 8 heteroatoms. The standard InChI is InChI=1S/C19H19N3O4S/c1-24-15-7-5-4-6-13(15)21-18(23)14-11-27-19(22-14)20-12-8-9-16(25-2)17(10-12)26-3/h4-11H,1-3H3,(H,20,22)(H,21,23). The summed E-state index contributed by atoms with van der Waals surface area (Å²) in [7, 11) is 4.71. The summed E-state index contributed by atoms with van der Waals surface area (Å²) in [6, 6.07) is 12.6. The van der Waals surface area contributed by atoms with Crippen LogP contribution in [0.5, 0.6) is 17.2 Å². The van der Waals surface area contributed by atoms with Crippen LogP contribution in [0.15, 0.2) is 47.8 Å². The molecule has 0 aliphatic heterocycles. The number of anilines is 3. The predicted octanol–water partition coefficient (Wildman–Crippen LogP) is 4.16. The summed E-state index contributed by atoms with van der Waals surface area (Å²) in [4.78, 5) is 16.8. The molecule has 3 aromatic rings. The molecule has 0 fully saturated rings. The lowest BCUT2D eigenvalue weighted by Gasteiger charge is -2.10. The number of hydrogen-bond acceptors (Lipinski definition) is 7. The lowest BCUT2D eigenvalue weighted by atomic mass is 10.3. The third-order valence-corrected chi connectivity index (χ3v) is 4.48. The zero-order chi connectivity index (χ0) is 19.2. The second kappa shape index (κ2) is 8.41. The summed E-state index contributed by atoms with van der Waals surface area (Å²) in [6.07, 6.45) is 0. The summed E-state index contributed by atoms with van der Waals surface area (Å²) >= 11 is 1.33. The molecule has 0 saturated heterocycles. The van der Waals surface area contributed by atoms with Crippen LogP contribution in [0.3, 0.4) is 0 Å². The van der Waals surface area contributed by atoms with Gasteiger partial charge in [-0.15, -0.1) is 11.3 Å². The first-order valence-corrected chi connectivity index (χ1v) is 8.91. The van der Waals surface area contributed by atoms with E-state index < -0.39 is 0 Å². The molecule has 0 unspecified atom stereocenters. The molecule has 0 aliphatic carbocycles. The van der Waals surface area contributed by atoms with Crippen LogP contribution in [0.2, 0.25) is 0 Å². The van der Waals surface area contributed by atoms with Crippen molar-refractivity contribution in [2.75, 3.05) is 32.0 Å². The molecule has 1 amide bonds. The van der Waals surface area contributed by atoms with Crippen molar-refractivity contribution in [1.29, 1.82) is 0 Å². The van der Waals surface area contributed by atoms with Gasteiger partial charge in [-0.3, -0.25) is 4.79 Å². The number of para-hydroxylation sites is 2. The number of carbonyl (C=O) groups is 1. The van der Waals surface area contributed by atoms with Crippen LogP contribution < -0.4 is 24.8 Å². The van der Waals surface area contributed by atoms with E-state index in [0.29, 0.717) is 33.8 Å². The van der Waals surface area contributed by atoms with Gasteiger partial charge in [0.1, 0.15) is 11.4 Å². The number of methoxy groups -OCH3 is 3. The fourth-order valence-corrected chi connectivity index (χ4v) is 3.12. The molecular weight excluding hydrogens is 366 g/mol. The van der Waals surface area contributed by atoms with E-state index in [1.807, 2.05) is 18.2 Å². The Hall–Kier alpha value is -3.26. The van der Waals surface area contributed by atoms with E-state index in [4.69, 9.17) is 14.2 Å². The Balaban J connectivity index is 1.72. The molecule has 0 spiro atoms. The maximum atomic E-state index is 12.4. The topological polar surface area (TPSA) is 81.7 Å². The van der Waals surface area contributed by atoms with Crippen molar-refractivity contribution in [3.05, 3.63) is 53.5 Å². The van der Waals surface area contributed by atoms with E-state index >= 15 is 0 Å². The normalized spacial score (nSPS) is 10.2. The Labute approximate surface area is 160 Å². The Morgan fingerprint density at radius 3 is 2.44 bits per heavy atom. The highest BCUT2D eigenvalue weighted by Crippen LogP contribution is 2.32. The zero-order valence-corrected chi connectivity index (χ0v) is 15.9. The molecule has 27 heavy (non-hydrogen) atoms. The van der Waals surface area contributed by atoms with Crippen LogP contribution in [0.25, 0.3) is 0 Å². The highest BCUT2D eigenvalue weighted by atomic mass is 32.1. The highest BCUT2D eigenvalue weighted by molar-refractivity contribution is 7.14. The Morgan fingerprint density at radius 1 is 0.963 bits per heavy atom. The predicted molar refractivity (Wildman–Crippen MR) is 106 cm³/mol. The first-order valence-electron chi connectivity index (χ1n) is 8.03. The second-order valence-corrected chi connectivity index (χ2v) is 6.25. The van der Waals surface area contributed by atoms with Gasteiger partial charge < -0.3 is 24.8 Å². The van der Waals surface area contributed by atoms with Crippen molar-refractivity contribution in [2.45, 2.75) is 0 Å². The number of amides is 1. The minimum Gasteiger partial charge on any atom is -0.495 e. The number of thiazole rings is 1. The molecule has 2 aromatic carbocycles. The number of ether oxygens (including phenoxy) is 3. The summed E-state index contributed by atoms with van der Waals surface area (Å²) in [5.74, 6) is 1.52. The van der Waals surface area contributed by atoms with Crippen LogP contribution in [-0.4, -0.2) is 32.2 Å². The monoisotopic (exact) mass is 385 g/mol. The number of hydrogen-bond donors (Lipinski definition) is 2. The van der Waals surface area contributed by atoms with Gasteiger partial charge in [-0.05, 0) is 24.3 Å². The molecular formula is C19H19N3O4S. The van der Waals surface area contributed by atoms with Crippen molar-refractivity contribution < 1.29 is 19.0 Å². The summed E-state index contributed by atoms with van der Waals surface area (Å²) < 4.78 is 15.8. The van der Waals surface area contributed by atoms with Gasteiger partial charge in [-0.1, -0.05) is 12.1 Å². The number of carbonyl (C=O) groups excluding carboxylic acids is 1. The molecule has 2 N–H and O–H groups in total.